The molecule has 0 saturated carbocycles. The molecule has 106 valence electrons. The van der Waals surface area contributed by atoms with Gasteiger partial charge in [0.15, 0.2) is 0 Å². The van der Waals surface area contributed by atoms with E-state index >= 15 is 0 Å². The monoisotopic (exact) mass is 265 g/mol. The molecule has 1 aliphatic heterocycles. The molecular weight excluding hydrogens is 241 g/mol. The average molecular weight is 265 g/mol. The van der Waals surface area contributed by atoms with Gasteiger partial charge in [-0.3, -0.25) is 4.90 Å². The van der Waals surface area contributed by atoms with Crippen molar-refractivity contribution in [1.82, 2.24) is 15.1 Å². The van der Waals surface area contributed by atoms with Crippen molar-refractivity contribution in [2.75, 3.05) is 46.3 Å². The molecule has 0 bridgehead atoms. The van der Waals surface area contributed by atoms with E-state index < -0.39 is 0 Å². The van der Waals surface area contributed by atoms with Gasteiger partial charge in [0.05, 0.1) is 0 Å². The summed E-state index contributed by atoms with van der Waals surface area (Å²) in [5, 5.41) is 3.35. The van der Waals surface area contributed by atoms with Crippen molar-refractivity contribution >= 4 is 0 Å². The van der Waals surface area contributed by atoms with Crippen LogP contribution in [0.2, 0.25) is 0 Å². The van der Waals surface area contributed by atoms with Crippen LogP contribution in [0.5, 0.6) is 0 Å². The lowest BCUT2D eigenvalue weighted by Gasteiger charge is -2.29. The number of hydrogen-bond donors (Lipinski definition) is 1. The third-order valence-electron chi connectivity index (χ3n) is 3.65. The summed E-state index contributed by atoms with van der Waals surface area (Å²) in [6.45, 7) is 9.12. The molecule has 1 aromatic carbocycles. The SMILES string of the molecule is Cc1ccc(F)c(CN(C)CCN2CCNCC2)c1. The van der Waals surface area contributed by atoms with Gasteiger partial charge in [0.25, 0.3) is 0 Å². The number of likely N-dealkylation sites (N-methyl/N-ethyl adjacent to an activating group) is 1. The lowest BCUT2D eigenvalue weighted by molar-refractivity contribution is 0.201. The van der Waals surface area contributed by atoms with E-state index in [0.29, 0.717) is 6.54 Å². The minimum Gasteiger partial charge on any atom is -0.314 e. The van der Waals surface area contributed by atoms with E-state index in [1.165, 1.54) is 0 Å². The zero-order chi connectivity index (χ0) is 13.7. The first-order chi connectivity index (χ1) is 9.15. The standard InChI is InChI=1S/C15H24FN3/c1-13-3-4-15(16)14(11-13)12-18(2)9-10-19-7-5-17-6-8-19/h3-4,11,17H,5-10,12H2,1-2H3. The molecule has 0 aromatic heterocycles. The van der Waals surface area contributed by atoms with E-state index in [1.54, 1.807) is 6.07 Å². The van der Waals surface area contributed by atoms with Crippen LogP contribution in [0, 0.1) is 12.7 Å². The number of hydrogen-bond acceptors (Lipinski definition) is 3. The van der Waals surface area contributed by atoms with E-state index in [4.69, 9.17) is 0 Å². The van der Waals surface area contributed by atoms with Gasteiger partial charge in [-0.15, -0.1) is 0 Å². The molecule has 1 fully saturated rings. The normalized spacial score (nSPS) is 17.1. The number of aryl methyl sites for hydroxylation is 1. The molecule has 2 rings (SSSR count). The van der Waals surface area contributed by atoms with E-state index in [9.17, 15) is 4.39 Å². The summed E-state index contributed by atoms with van der Waals surface area (Å²) in [5.74, 6) is -0.0976. The van der Waals surface area contributed by atoms with Gasteiger partial charge >= 0.3 is 0 Å². The fraction of sp³-hybridized carbons (Fsp3) is 0.600. The second-order valence-corrected chi connectivity index (χ2v) is 5.42. The van der Waals surface area contributed by atoms with Gasteiger partial charge < -0.3 is 10.2 Å². The molecule has 0 atom stereocenters. The van der Waals surface area contributed by atoms with Crippen molar-refractivity contribution in [3.63, 3.8) is 0 Å². The highest BCUT2D eigenvalue weighted by Gasteiger charge is 2.11. The Morgan fingerprint density at radius 1 is 1.32 bits per heavy atom. The van der Waals surface area contributed by atoms with Gasteiger partial charge in [-0.25, -0.2) is 4.39 Å². The average Bonchev–Trinajstić information content (AvgIpc) is 2.42. The Morgan fingerprint density at radius 2 is 2.05 bits per heavy atom. The quantitative estimate of drug-likeness (QED) is 0.870. The van der Waals surface area contributed by atoms with Crippen molar-refractivity contribution in [3.05, 3.63) is 35.1 Å². The van der Waals surface area contributed by atoms with Gasteiger partial charge in [-0.05, 0) is 20.0 Å². The summed E-state index contributed by atoms with van der Waals surface area (Å²) in [6.07, 6.45) is 0. The van der Waals surface area contributed by atoms with Crippen LogP contribution < -0.4 is 5.32 Å². The molecule has 0 aliphatic carbocycles. The zero-order valence-electron chi connectivity index (χ0n) is 12.0. The van der Waals surface area contributed by atoms with Crippen LogP contribution in [0.4, 0.5) is 4.39 Å². The fourth-order valence-electron chi connectivity index (χ4n) is 2.44. The van der Waals surface area contributed by atoms with Gasteiger partial charge in [0.2, 0.25) is 0 Å². The molecular formula is C15H24FN3. The molecule has 1 heterocycles. The van der Waals surface area contributed by atoms with Crippen molar-refractivity contribution in [2.45, 2.75) is 13.5 Å². The maximum Gasteiger partial charge on any atom is 0.127 e. The summed E-state index contributed by atoms with van der Waals surface area (Å²) < 4.78 is 13.7. The predicted octanol–water partition coefficient (Wildman–Crippen LogP) is 1.47. The van der Waals surface area contributed by atoms with Crippen LogP contribution in [0.15, 0.2) is 18.2 Å². The molecule has 1 N–H and O–H groups in total. The summed E-state index contributed by atoms with van der Waals surface area (Å²) in [5.41, 5.74) is 1.91. The highest BCUT2D eigenvalue weighted by Crippen LogP contribution is 2.12. The van der Waals surface area contributed by atoms with Crippen molar-refractivity contribution in [2.24, 2.45) is 0 Å². The van der Waals surface area contributed by atoms with Crippen LogP contribution >= 0.6 is 0 Å². The first-order valence-electron chi connectivity index (χ1n) is 7.02. The Labute approximate surface area is 115 Å². The Hall–Kier alpha value is -0.970. The van der Waals surface area contributed by atoms with Crippen LogP contribution in [0.1, 0.15) is 11.1 Å². The van der Waals surface area contributed by atoms with Crippen molar-refractivity contribution in [3.8, 4) is 0 Å². The highest BCUT2D eigenvalue weighted by molar-refractivity contribution is 5.23. The molecule has 4 heteroatoms. The predicted molar refractivity (Wildman–Crippen MR) is 76.8 cm³/mol. The fourth-order valence-corrected chi connectivity index (χ4v) is 2.44. The van der Waals surface area contributed by atoms with Gasteiger partial charge in [0, 0.05) is 51.4 Å². The summed E-state index contributed by atoms with van der Waals surface area (Å²) in [6, 6.07) is 5.32. The van der Waals surface area contributed by atoms with Gasteiger partial charge in [-0.1, -0.05) is 17.7 Å². The number of piperazine rings is 1. The lowest BCUT2D eigenvalue weighted by atomic mass is 10.1. The van der Waals surface area contributed by atoms with Crippen LogP contribution in [-0.4, -0.2) is 56.1 Å². The molecule has 0 spiro atoms. The maximum atomic E-state index is 13.7. The number of rotatable bonds is 5. The van der Waals surface area contributed by atoms with E-state index in [-0.39, 0.29) is 5.82 Å². The number of nitrogens with zero attached hydrogens (tertiary/aromatic N) is 2. The number of nitrogens with one attached hydrogen (secondary N) is 1. The van der Waals surface area contributed by atoms with Gasteiger partial charge in [0.1, 0.15) is 5.82 Å². The molecule has 0 amide bonds. The summed E-state index contributed by atoms with van der Waals surface area (Å²) in [4.78, 5) is 4.65. The smallest absolute Gasteiger partial charge is 0.127 e. The first kappa shape index (κ1) is 14.4. The Kier molecular flexibility index (Phi) is 5.31. The second-order valence-electron chi connectivity index (χ2n) is 5.42. The first-order valence-corrected chi connectivity index (χ1v) is 7.02. The van der Waals surface area contributed by atoms with Gasteiger partial charge in [-0.2, -0.15) is 0 Å². The minimum atomic E-state index is -0.0976. The molecule has 1 saturated heterocycles. The van der Waals surface area contributed by atoms with E-state index in [2.05, 4.69) is 22.2 Å². The molecule has 1 aliphatic rings. The van der Waals surface area contributed by atoms with Crippen LogP contribution in [0.25, 0.3) is 0 Å². The van der Waals surface area contributed by atoms with Crippen molar-refractivity contribution < 1.29 is 4.39 Å². The third kappa shape index (κ3) is 4.56. The van der Waals surface area contributed by atoms with E-state index in [0.717, 1.165) is 50.4 Å². The molecule has 0 unspecified atom stereocenters. The van der Waals surface area contributed by atoms with E-state index in [1.807, 2.05) is 19.1 Å². The van der Waals surface area contributed by atoms with Crippen molar-refractivity contribution in [1.29, 1.82) is 0 Å². The highest BCUT2D eigenvalue weighted by atomic mass is 19.1. The second kappa shape index (κ2) is 6.98. The number of halogens is 1. The third-order valence-corrected chi connectivity index (χ3v) is 3.65. The van der Waals surface area contributed by atoms with Crippen LogP contribution in [0.3, 0.4) is 0 Å². The topological polar surface area (TPSA) is 18.5 Å². The maximum absolute atomic E-state index is 13.7. The molecule has 0 radical (unpaired) electrons. The molecule has 1 aromatic rings. The van der Waals surface area contributed by atoms with Crippen LogP contribution in [-0.2, 0) is 6.54 Å². The number of benzene rings is 1. The summed E-state index contributed by atoms with van der Waals surface area (Å²) in [7, 11) is 2.06. The zero-order valence-corrected chi connectivity index (χ0v) is 12.0. The lowest BCUT2D eigenvalue weighted by Crippen LogP contribution is -2.45. The minimum absolute atomic E-state index is 0.0976. The largest absolute Gasteiger partial charge is 0.314 e. The Balaban J connectivity index is 1.80. The Bertz CT molecular complexity index is 402. The summed E-state index contributed by atoms with van der Waals surface area (Å²) >= 11 is 0. The molecule has 19 heavy (non-hydrogen) atoms. The Morgan fingerprint density at radius 3 is 2.79 bits per heavy atom. The molecule has 3 nitrogen and oxygen atoms in total.